The van der Waals surface area contributed by atoms with Crippen molar-refractivity contribution >= 4 is 22.5 Å². The molecule has 33 heavy (non-hydrogen) atoms. The molecule has 1 aromatic carbocycles. The van der Waals surface area contributed by atoms with Crippen LogP contribution in [0.4, 0.5) is 5.82 Å². The summed E-state index contributed by atoms with van der Waals surface area (Å²) in [7, 11) is 0. The number of pyridine rings is 1. The number of morpholine rings is 1. The second kappa shape index (κ2) is 10.9. The first-order chi connectivity index (χ1) is 16.1. The molecule has 170 valence electrons. The van der Waals surface area contributed by atoms with Crippen molar-refractivity contribution in [2.24, 2.45) is 0 Å². The average Bonchev–Trinajstić information content (AvgIpc) is 3.30. The van der Waals surface area contributed by atoms with Gasteiger partial charge in [0.15, 0.2) is 5.78 Å². The van der Waals surface area contributed by atoms with Crippen LogP contribution in [0.2, 0.25) is 0 Å². The van der Waals surface area contributed by atoms with Crippen molar-refractivity contribution in [2.75, 3.05) is 31.2 Å². The van der Waals surface area contributed by atoms with Crippen molar-refractivity contribution in [3.8, 4) is 23.1 Å². The highest BCUT2D eigenvalue weighted by molar-refractivity contribution is 5.93. The fourth-order valence-electron chi connectivity index (χ4n) is 3.94. The van der Waals surface area contributed by atoms with E-state index in [0.717, 1.165) is 71.5 Å². The third-order valence-corrected chi connectivity index (χ3v) is 5.56. The number of benzene rings is 1. The number of fused-ring (bicyclic) bond motifs is 1. The number of ketones is 1. The summed E-state index contributed by atoms with van der Waals surface area (Å²) in [4.78, 5) is 19.0. The number of hydrogen-bond donors (Lipinski definition) is 1. The van der Waals surface area contributed by atoms with Crippen LogP contribution in [0, 0.1) is 11.8 Å². The van der Waals surface area contributed by atoms with E-state index < -0.39 is 0 Å². The van der Waals surface area contributed by atoms with Crippen LogP contribution in [0.1, 0.15) is 45.1 Å². The largest absolute Gasteiger partial charge is 0.378 e. The molecular formula is C27H30N4O2. The Morgan fingerprint density at radius 3 is 2.88 bits per heavy atom. The van der Waals surface area contributed by atoms with E-state index in [0.29, 0.717) is 19.6 Å². The second-order valence-corrected chi connectivity index (χ2v) is 8.53. The fourth-order valence-corrected chi connectivity index (χ4v) is 3.94. The van der Waals surface area contributed by atoms with Gasteiger partial charge in [-0.05, 0) is 51.0 Å². The predicted molar refractivity (Wildman–Crippen MR) is 132 cm³/mol. The molecule has 1 aliphatic heterocycles. The molecule has 1 N–H and O–H groups in total. The Balaban J connectivity index is 1.53. The zero-order valence-corrected chi connectivity index (χ0v) is 19.4. The third kappa shape index (κ3) is 6.09. The molecule has 0 saturated carbocycles. The molecule has 1 fully saturated rings. The van der Waals surface area contributed by atoms with Gasteiger partial charge in [0.2, 0.25) is 0 Å². The normalized spacial score (nSPS) is 13.5. The summed E-state index contributed by atoms with van der Waals surface area (Å²) < 4.78 is 5.52. The van der Waals surface area contributed by atoms with Crippen LogP contribution >= 0.6 is 0 Å². The number of hydrogen-bond acceptors (Lipinski definition) is 5. The number of rotatable bonds is 7. The number of aromatic amines is 1. The molecule has 0 bridgehead atoms. The van der Waals surface area contributed by atoms with Gasteiger partial charge in [-0.25, -0.2) is 4.98 Å². The van der Waals surface area contributed by atoms with Crippen molar-refractivity contribution in [1.29, 1.82) is 0 Å². The number of anilines is 1. The van der Waals surface area contributed by atoms with Gasteiger partial charge in [0, 0.05) is 42.4 Å². The lowest BCUT2D eigenvalue weighted by Crippen LogP contribution is -2.36. The fraction of sp³-hybridized carbons (Fsp3) is 0.370. The lowest BCUT2D eigenvalue weighted by Gasteiger charge is -2.28. The molecule has 6 nitrogen and oxygen atoms in total. The van der Waals surface area contributed by atoms with E-state index in [1.165, 1.54) is 0 Å². The van der Waals surface area contributed by atoms with Crippen molar-refractivity contribution in [2.45, 2.75) is 39.5 Å². The smallest absolute Gasteiger partial charge is 0.155 e. The number of allylic oxidation sites excluding steroid dienone is 2. The van der Waals surface area contributed by atoms with Crippen LogP contribution in [-0.4, -0.2) is 47.3 Å². The van der Waals surface area contributed by atoms with Gasteiger partial charge in [0.05, 0.1) is 30.6 Å². The molecule has 0 atom stereocenters. The van der Waals surface area contributed by atoms with Gasteiger partial charge >= 0.3 is 0 Å². The summed E-state index contributed by atoms with van der Waals surface area (Å²) in [6.45, 7) is 6.94. The summed E-state index contributed by atoms with van der Waals surface area (Å²) in [5.74, 6) is 7.74. The molecule has 0 unspecified atom stereocenters. The van der Waals surface area contributed by atoms with Crippen molar-refractivity contribution < 1.29 is 9.53 Å². The summed E-state index contributed by atoms with van der Waals surface area (Å²) in [6, 6.07) is 10.2. The Morgan fingerprint density at radius 1 is 1.21 bits per heavy atom. The van der Waals surface area contributed by atoms with E-state index in [9.17, 15) is 4.79 Å². The summed E-state index contributed by atoms with van der Waals surface area (Å²) in [5.41, 5.74) is 4.92. The standard InChI is InChI=1S/C27H30N4O2/c1-20(2)16-22(32)9-6-4-3-5-8-21-17-26(23-10-7-11-25-24(23)19-28-30-25)29-27(18-21)31-12-14-33-15-13-31/h7,10-11,16-19H,3-4,6,9,12-15H2,1-2H3,(H,28,30). The molecule has 1 aliphatic rings. The maximum absolute atomic E-state index is 11.8. The molecule has 3 aromatic rings. The minimum atomic E-state index is 0.199. The zero-order chi connectivity index (χ0) is 23.0. The SMILES string of the molecule is CC(C)=CC(=O)CCCCC#Cc1cc(-c2cccc3[nH]ncc23)nc(N2CCOCC2)c1. The van der Waals surface area contributed by atoms with Gasteiger partial charge in [-0.3, -0.25) is 9.89 Å². The number of unbranched alkanes of at least 4 members (excludes halogenated alkanes) is 2. The molecule has 0 spiro atoms. The Hall–Kier alpha value is -3.43. The molecule has 0 amide bonds. The lowest BCUT2D eigenvalue weighted by atomic mass is 10.0. The Bertz CT molecular complexity index is 1210. The minimum Gasteiger partial charge on any atom is -0.378 e. The molecule has 3 heterocycles. The van der Waals surface area contributed by atoms with E-state index in [1.54, 1.807) is 6.08 Å². The average molecular weight is 443 g/mol. The van der Waals surface area contributed by atoms with Crippen molar-refractivity contribution in [3.63, 3.8) is 0 Å². The highest BCUT2D eigenvalue weighted by atomic mass is 16.5. The van der Waals surface area contributed by atoms with Crippen LogP contribution in [0.15, 0.2) is 48.2 Å². The van der Waals surface area contributed by atoms with Crippen LogP contribution in [0.3, 0.4) is 0 Å². The molecule has 0 radical (unpaired) electrons. The van der Waals surface area contributed by atoms with E-state index in [4.69, 9.17) is 9.72 Å². The molecule has 0 aliphatic carbocycles. The molecule has 1 saturated heterocycles. The third-order valence-electron chi connectivity index (χ3n) is 5.56. The van der Waals surface area contributed by atoms with Crippen LogP contribution < -0.4 is 4.90 Å². The highest BCUT2D eigenvalue weighted by Crippen LogP contribution is 2.29. The van der Waals surface area contributed by atoms with Gasteiger partial charge < -0.3 is 9.64 Å². The lowest BCUT2D eigenvalue weighted by molar-refractivity contribution is -0.114. The highest BCUT2D eigenvalue weighted by Gasteiger charge is 2.15. The van der Waals surface area contributed by atoms with E-state index in [1.807, 2.05) is 32.2 Å². The van der Waals surface area contributed by atoms with E-state index in [2.05, 4.69) is 45.1 Å². The zero-order valence-electron chi connectivity index (χ0n) is 19.4. The number of aromatic nitrogens is 3. The van der Waals surface area contributed by atoms with Crippen molar-refractivity contribution in [1.82, 2.24) is 15.2 Å². The number of H-pyrrole nitrogens is 1. The van der Waals surface area contributed by atoms with Crippen molar-refractivity contribution in [3.05, 3.63) is 53.7 Å². The first-order valence-electron chi connectivity index (χ1n) is 11.5. The maximum Gasteiger partial charge on any atom is 0.155 e. The Kier molecular flexibility index (Phi) is 7.54. The van der Waals surface area contributed by atoms with Gasteiger partial charge in [-0.15, -0.1) is 0 Å². The van der Waals surface area contributed by atoms with Gasteiger partial charge in [0.1, 0.15) is 5.82 Å². The number of carbonyl (C=O) groups excluding carboxylic acids is 1. The molecule has 4 rings (SSSR count). The quantitative estimate of drug-likeness (QED) is 0.320. The predicted octanol–water partition coefficient (Wildman–Crippen LogP) is 4.91. The van der Waals surface area contributed by atoms with Gasteiger partial charge in [0.25, 0.3) is 0 Å². The topological polar surface area (TPSA) is 71.1 Å². The summed E-state index contributed by atoms with van der Waals surface area (Å²) in [6.07, 6.45) is 6.69. The number of nitrogens with zero attached hydrogens (tertiary/aromatic N) is 3. The number of carbonyl (C=O) groups is 1. The van der Waals surface area contributed by atoms with E-state index >= 15 is 0 Å². The minimum absolute atomic E-state index is 0.199. The molecule has 2 aromatic heterocycles. The van der Waals surface area contributed by atoms with Gasteiger partial charge in [-0.2, -0.15) is 5.10 Å². The van der Waals surface area contributed by atoms with Crippen LogP contribution in [0.25, 0.3) is 22.2 Å². The summed E-state index contributed by atoms with van der Waals surface area (Å²) in [5, 5.41) is 8.27. The first kappa shape index (κ1) is 22.8. The second-order valence-electron chi connectivity index (χ2n) is 8.53. The van der Waals surface area contributed by atoms with E-state index in [-0.39, 0.29) is 5.78 Å². The van der Waals surface area contributed by atoms with Gasteiger partial charge in [-0.1, -0.05) is 29.5 Å². The number of nitrogens with one attached hydrogen (secondary N) is 1. The van der Waals surface area contributed by atoms with Crippen LogP contribution in [0.5, 0.6) is 0 Å². The Morgan fingerprint density at radius 2 is 2.06 bits per heavy atom. The van der Waals surface area contributed by atoms with Crippen LogP contribution in [-0.2, 0) is 9.53 Å². The Labute approximate surface area is 195 Å². The molecular weight excluding hydrogens is 412 g/mol. The monoisotopic (exact) mass is 442 g/mol. The maximum atomic E-state index is 11.8. The summed E-state index contributed by atoms with van der Waals surface area (Å²) >= 11 is 0. The first-order valence-corrected chi connectivity index (χ1v) is 11.5. The number of ether oxygens (including phenoxy) is 1. The molecule has 6 heteroatoms.